The van der Waals surface area contributed by atoms with Gasteiger partial charge in [-0.05, 0) is 42.0 Å². The van der Waals surface area contributed by atoms with Gasteiger partial charge in [0.1, 0.15) is 12.4 Å². The Kier molecular flexibility index (Phi) is 5.90. The standard InChI is InChI=1S/C25H22FN5O3/c26-19-8-6-18(7-9-19)16-22-24(33)31(20-4-1-2-5-21(20)34-22)17-23(32)29-12-14-30(15-13-29)25-27-10-3-11-28-25/h1-11,16H,12-15,17H2/b22-16+. The molecule has 0 spiro atoms. The number of fused-ring (bicyclic) bond motifs is 1. The summed E-state index contributed by atoms with van der Waals surface area (Å²) in [6.45, 7) is 2.13. The van der Waals surface area contributed by atoms with Crippen LogP contribution < -0.4 is 14.5 Å². The molecule has 34 heavy (non-hydrogen) atoms. The average molecular weight is 459 g/mol. The Morgan fingerprint density at radius 1 is 0.971 bits per heavy atom. The maximum absolute atomic E-state index is 13.3. The van der Waals surface area contributed by atoms with Gasteiger partial charge in [-0.25, -0.2) is 14.4 Å². The zero-order valence-corrected chi connectivity index (χ0v) is 18.3. The van der Waals surface area contributed by atoms with Gasteiger partial charge in [-0.15, -0.1) is 0 Å². The van der Waals surface area contributed by atoms with Crippen LogP contribution in [-0.2, 0) is 9.59 Å². The molecule has 0 radical (unpaired) electrons. The van der Waals surface area contributed by atoms with E-state index in [0.717, 1.165) is 0 Å². The minimum absolute atomic E-state index is 0.0733. The summed E-state index contributed by atoms with van der Waals surface area (Å²) < 4.78 is 19.1. The number of ether oxygens (including phenoxy) is 1. The van der Waals surface area contributed by atoms with Gasteiger partial charge < -0.3 is 14.5 Å². The van der Waals surface area contributed by atoms with Gasteiger partial charge in [0.05, 0.1) is 5.69 Å². The topological polar surface area (TPSA) is 78.9 Å². The second-order valence-electron chi connectivity index (χ2n) is 7.94. The number of aromatic nitrogens is 2. The van der Waals surface area contributed by atoms with Crippen LogP contribution >= 0.6 is 0 Å². The second kappa shape index (κ2) is 9.30. The molecule has 2 aliphatic rings. The molecule has 0 bridgehead atoms. The van der Waals surface area contributed by atoms with Crippen molar-refractivity contribution in [2.24, 2.45) is 0 Å². The van der Waals surface area contributed by atoms with E-state index < -0.39 is 5.91 Å². The van der Waals surface area contributed by atoms with E-state index in [1.165, 1.54) is 17.0 Å². The fraction of sp³-hybridized carbons (Fsp3) is 0.200. The number of hydrogen-bond donors (Lipinski definition) is 0. The number of para-hydroxylation sites is 2. The number of anilines is 2. The molecule has 1 aromatic heterocycles. The molecule has 3 aromatic rings. The lowest BCUT2D eigenvalue weighted by atomic mass is 10.1. The summed E-state index contributed by atoms with van der Waals surface area (Å²) in [4.78, 5) is 40.2. The molecule has 0 N–H and O–H groups in total. The number of carbonyl (C=O) groups excluding carboxylic acids is 2. The van der Waals surface area contributed by atoms with Crippen LogP contribution in [0.25, 0.3) is 6.08 Å². The summed E-state index contributed by atoms with van der Waals surface area (Å²) in [5.41, 5.74) is 1.16. The second-order valence-corrected chi connectivity index (χ2v) is 7.94. The summed E-state index contributed by atoms with van der Waals surface area (Å²) in [5, 5.41) is 0. The number of carbonyl (C=O) groups is 2. The first kappa shape index (κ1) is 21.6. The molecule has 0 unspecified atom stereocenters. The third-order valence-corrected chi connectivity index (χ3v) is 5.76. The molecule has 1 saturated heterocycles. The lowest BCUT2D eigenvalue weighted by Gasteiger charge is -2.36. The van der Waals surface area contributed by atoms with E-state index in [-0.39, 0.29) is 24.0 Å². The van der Waals surface area contributed by atoms with E-state index in [2.05, 4.69) is 9.97 Å². The predicted octanol–water partition coefficient (Wildman–Crippen LogP) is 2.73. The molecule has 0 saturated carbocycles. The Balaban J connectivity index is 1.32. The highest BCUT2D eigenvalue weighted by atomic mass is 19.1. The molecule has 2 aliphatic heterocycles. The third-order valence-electron chi connectivity index (χ3n) is 5.76. The molecule has 0 atom stereocenters. The highest BCUT2D eigenvalue weighted by Crippen LogP contribution is 2.35. The summed E-state index contributed by atoms with van der Waals surface area (Å²) >= 11 is 0. The molecular formula is C25H22FN5O3. The van der Waals surface area contributed by atoms with E-state index in [4.69, 9.17) is 4.74 Å². The summed E-state index contributed by atoms with van der Waals surface area (Å²) in [5.74, 6) is 0.253. The molecule has 172 valence electrons. The van der Waals surface area contributed by atoms with Gasteiger partial charge in [0, 0.05) is 38.6 Å². The number of hydrogen-bond acceptors (Lipinski definition) is 6. The lowest BCUT2D eigenvalue weighted by Crippen LogP contribution is -2.53. The molecule has 3 heterocycles. The fourth-order valence-electron chi connectivity index (χ4n) is 3.98. The lowest BCUT2D eigenvalue weighted by molar-refractivity contribution is -0.131. The molecular weight excluding hydrogens is 437 g/mol. The van der Waals surface area contributed by atoms with Crippen molar-refractivity contribution in [1.82, 2.24) is 14.9 Å². The van der Waals surface area contributed by atoms with Gasteiger partial charge in [-0.2, -0.15) is 0 Å². The molecule has 1 fully saturated rings. The Morgan fingerprint density at radius 3 is 2.41 bits per heavy atom. The Morgan fingerprint density at radius 2 is 1.68 bits per heavy atom. The molecule has 0 aliphatic carbocycles. The number of benzene rings is 2. The van der Waals surface area contributed by atoms with E-state index >= 15 is 0 Å². The molecule has 2 aromatic carbocycles. The third kappa shape index (κ3) is 4.45. The summed E-state index contributed by atoms with van der Waals surface area (Å²) in [6, 6.07) is 14.6. The van der Waals surface area contributed by atoms with Crippen molar-refractivity contribution in [3.63, 3.8) is 0 Å². The van der Waals surface area contributed by atoms with Gasteiger partial charge in [0.25, 0.3) is 5.91 Å². The number of nitrogens with zero attached hydrogens (tertiary/aromatic N) is 5. The zero-order valence-electron chi connectivity index (χ0n) is 18.3. The Labute approximate surface area is 195 Å². The minimum atomic E-state index is -0.423. The van der Waals surface area contributed by atoms with E-state index in [9.17, 15) is 14.0 Å². The smallest absolute Gasteiger partial charge is 0.294 e. The minimum Gasteiger partial charge on any atom is -0.449 e. The maximum atomic E-state index is 13.3. The maximum Gasteiger partial charge on any atom is 0.294 e. The van der Waals surface area contributed by atoms with Gasteiger partial charge in [-0.1, -0.05) is 24.3 Å². The largest absolute Gasteiger partial charge is 0.449 e. The van der Waals surface area contributed by atoms with Crippen molar-refractivity contribution >= 4 is 29.5 Å². The van der Waals surface area contributed by atoms with Crippen molar-refractivity contribution in [3.8, 4) is 5.75 Å². The van der Waals surface area contributed by atoms with Crippen molar-refractivity contribution < 1.29 is 18.7 Å². The number of amides is 2. The summed E-state index contributed by atoms with van der Waals surface area (Å²) in [7, 11) is 0. The van der Waals surface area contributed by atoms with E-state index in [0.29, 0.717) is 49.1 Å². The van der Waals surface area contributed by atoms with Gasteiger partial charge in [0.2, 0.25) is 11.9 Å². The first-order chi connectivity index (χ1) is 16.6. The highest BCUT2D eigenvalue weighted by Gasteiger charge is 2.33. The quantitative estimate of drug-likeness (QED) is 0.559. The van der Waals surface area contributed by atoms with Crippen LogP contribution in [0, 0.1) is 5.82 Å². The first-order valence-electron chi connectivity index (χ1n) is 10.9. The van der Waals surface area contributed by atoms with Crippen LogP contribution in [0.5, 0.6) is 5.75 Å². The van der Waals surface area contributed by atoms with Crippen LogP contribution in [-0.4, -0.2) is 59.4 Å². The van der Waals surface area contributed by atoms with Crippen molar-refractivity contribution in [2.45, 2.75) is 0 Å². The van der Waals surface area contributed by atoms with Gasteiger partial charge in [-0.3, -0.25) is 14.5 Å². The average Bonchev–Trinajstić information content (AvgIpc) is 2.88. The Hall–Kier alpha value is -4.27. The Bertz CT molecular complexity index is 1220. The summed E-state index contributed by atoms with van der Waals surface area (Å²) in [6.07, 6.45) is 4.94. The predicted molar refractivity (Wildman–Crippen MR) is 125 cm³/mol. The zero-order chi connectivity index (χ0) is 23.5. The highest BCUT2D eigenvalue weighted by molar-refractivity contribution is 6.12. The first-order valence-corrected chi connectivity index (χ1v) is 10.9. The van der Waals surface area contributed by atoms with Crippen molar-refractivity contribution in [3.05, 3.63) is 84.1 Å². The SMILES string of the molecule is O=C(CN1C(=O)/C(=C\c2ccc(F)cc2)Oc2ccccc21)N1CCN(c2ncccn2)CC1. The number of rotatable bonds is 4. The number of halogens is 1. The fourth-order valence-corrected chi connectivity index (χ4v) is 3.98. The van der Waals surface area contributed by atoms with Crippen LogP contribution in [0.15, 0.2) is 72.8 Å². The van der Waals surface area contributed by atoms with Crippen molar-refractivity contribution in [2.75, 3.05) is 42.5 Å². The van der Waals surface area contributed by atoms with Crippen LogP contribution in [0.3, 0.4) is 0 Å². The number of piperazine rings is 1. The van der Waals surface area contributed by atoms with Gasteiger partial charge in [0.15, 0.2) is 11.5 Å². The van der Waals surface area contributed by atoms with Crippen LogP contribution in [0.4, 0.5) is 16.0 Å². The van der Waals surface area contributed by atoms with Crippen LogP contribution in [0.1, 0.15) is 5.56 Å². The molecule has 9 heteroatoms. The van der Waals surface area contributed by atoms with E-state index in [1.807, 2.05) is 4.90 Å². The van der Waals surface area contributed by atoms with E-state index in [1.54, 1.807) is 65.8 Å². The van der Waals surface area contributed by atoms with Crippen molar-refractivity contribution in [1.29, 1.82) is 0 Å². The monoisotopic (exact) mass is 459 g/mol. The van der Waals surface area contributed by atoms with Crippen LogP contribution in [0.2, 0.25) is 0 Å². The molecule has 5 rings (SSSR count). The normalized spacial score (nSPS) is 16.9. The molecule has 8 nitrogen and oxygen atoms in total. The molecule has 2 amide bonds. The van der Waals surface area contributed by atoms with Gasteiger partial charge >= 0.3 is 0 Å².